The number of ether oxygens (including phenoxy) is 2. The third kappa shape index (κ3) is 6.58. The molecule has 2 N–H and O–H groups in total. The molecule has 6 nitrogen and oxygen atoms in total. The molecule has 0 fully saturated rings. The van der Waals surface area contributed by atoms with Crippen molar-refractivity contribution < 1.29 is 19.1 Å². The van der Waals surface area contributed by atoms with Crippen molar-refractivity contribution in [3.8, 4) is 11.1 Å². The van der Waals surface area contributed by atoms with Gasteiger partial charge in [0.05, 0.1) is 7.11 Å². The van der Waals surface area contributed by atoms with E-state index < -0.39 is 12.1 Å². The minimum absolute atomic E-state index is 0.0153. The maximum atomic E-state index is 13.1. The highest BCUT2D eigenvalue weighted by Gasteiger charge is 2.29. The average Bonchev–Trinajstić information content (AvgIpc) is 3.32. The van der Waals surface area contributed by atoms with Crippen LogP contribution < -0.4 is 10.6 Å². The van der Waals surface area contributed by atoms with E-state index in [-0.39, 0.29) is 24.5 Å². The number of rotatable bonds is 11. The summed E-state index contributed by atoms with van der Waals surface area (Å²) in [6, 6.07) is 35.4. The number of carbonyl (C=O) groups is 2. The summed E-state index contributed by atoms with van der Waals surface area (Å²) < 4.78 is 10.9. The topological polar surface area (TPSA) is 76.7 Å². The van der Waals surface area contributed by atoms with Crippen LogP contribution in [0, 0.1) is 0 Å². The summed E-state index contributed by atoms with van der Waals surface area (Å²) in [4.78, 5) is 25.7. The third-order valence-corrected chi connectivity index (χ3v) is 7.37. The van der Waals surface area contributed by atoms with Crippen LogP contribution in [0.15, 0.2) is 109 Å². The van der Waals surface area contributed by atoms with Crippen molar-refractivity contribution in [2.75, 3.05) is 20.3 Å². The molecule has 4 aromatic carbocycles. The molecule has 1 amide bonds. The van der Waals surface area contributed by atoms with Gasteiger partial charge in [0.15, 0.2) is 0 Å². The van der Waals surface area contributed by atoms with Gasteiger partial charge in [-0.25, -0.2) is 4.79 Å². The van der Waals surface area contributed by atoms with Gasteiger partial charge >= 0.3 is 12.1 Å². The van der Waals surface area contributed by atoms with E-state index in [4.69, 9.17) is 9.47 Å². The molecular weight excluding hydrogens is 500 g/mol. The Hall–Kier alpha value is -4.42. The van der Waals surface area contributed by atoms with Crippen molar-refractivity contribution in [2.24, 2.45) is 0 Å². The van der Waals surface area contributed by atoms with Gasteiger partial charge in [0.2, 0.25) is 0 Å². The summed E-state index contributed by atoms with van der Waals surface area (Å²) in [5, 5.41) is 6.36. The van der Waals surface area contributed by atoms with Gasteiger partial charge in [-0.3, -0.25) is 4.79 Å². The maximum Gasteiger partial charge on any atom is 0.407 e. The Kier molecular flexibility index (Phi) is 8.89. The van der Waals surface area contributed by atoms with Crippen LogP contribution in [0.25, 0.3) is 11.1 Å². The molecule has 6 heteroatoms. The third-order valence-electron chi connectivity index (χ3n) is 7.37. The molecule has 2 atom stereocenters. The van der Waals surface area contributed by atoms with Crippen LogP contribution in [0.3, 0.4) is 0 Å². The normalized spacial score (nSPS) is 13.5. The van der Waals surface area contributed by atoms with E-state index in [1.807, 2.05) is 84.9 Å². The molecule has 4 aromatic rings. The fourth-order valence-electron chi connectivity index (χ4n) is 5.39. The predicted octanol–water partition coefficient (Wildman–Crippen LogP) is 5.51. The van der Waals surface area contributed by atoms with Crippen molar-refractivity contribution >= 4 is 12.1 Å². The molecule has 0 radical (unpaired) electrons. The van der Waals surface area contributed by atoms with Gasteiger partial charge < -0.3 is 20.1 Å². The first kappa shape index (κ1) is 27.2. The number of nitrogens with one attached hydrogen (secondary N) is 2. The first-order valence-electron chi connectivity index (χ1n) is 13.6. The minimum Gasteiger partial charge on any atom is -0.468 e. The lowest BCUT2D eigenvalue weighted by molar-refractivity contribution is -0.143. The van der Waals surface area contributed by atoms with Gasteiger partial charge in [-0.1, -0.05) is 109 Å². The standard InChI is InChI=1S/C34H34N2O4/c1-39-33(37)32(21-25-14-6-3-7-15-25)35-22-26(20-24-12-4-2-5-13-24)36-34(38)40-23-31-29-18-10-8-16-27(29)28-17-9-11-19-30(28)31/h2-19,26,31-32,35H,20-23H2,1H3,(H,36,38)/t26-,32+/m1/s1. The lowest BCUT2D eigenvalue weighted by Gasteiger charge is -2.23. The van der Waals surface area contributed by atoms with Crippen LogP contribution in [-0.4, -0.2) is 44.4 Å². The van der Waals surface area contributed by atoms with E-state index in [9.17, 15) is 9.59 Å². The van der Waals surface area contributed by atoms with Crippen molar-refractivity contribution in [2.45, 2.75) is 30.8 Å². The van der Waals surface area contributed by atoms with Crippen molar-refractivity contribution in [1.82, 2.24) is 10.6 Å². The zero-order valence-corrected chi connectivity index (χ0v) is 22.6. The molecule has 5 rings (SSSR count). The summed E-state index contributed by atoms with van der Waals surface area (Å²) in [6.07, 6.45) is 0.579. The van der Waals surface area contributed by atoms with Gasteiger partial charge in [-0.05, 0) is 46.2 Å². The summed E-state index contributed by atoms with van der Waals surface area (Å²) in [5.74, 6) is -0.359. The number of benzene rings is 4. The van der Waals surface area contributed by atoms with E-state index in [0.29, 0.717) is 19.4 Å². The first-order valence-corrected chi connectivity index (χ1v) is 13.6. The van der Waals surface area contributed by atoms with Gasteiger partial charge in [0, 0.05) is 18.5 Å². The quantitative estimate of drug-likeness (QED) is 0.248. The van der Waals surface area contributed by atoms with Gasteiger partial charge in [0.1, 0.15) is 12.6 Å². The lowest BCUT2D eigenvalue weighted by atomic mass is 9.98. The minimum atomic E-state index is -0.546. The van der Waals surface area contributed by atoms with E-state index >= 15 is 0 Å². The molecule has 0 aromatic heterocycles. The molecule has 1 aliphatic carbocycles. The molecule has 0 unspecified atom stereocenters. The second kappa shape index (κ2) is 13.1. The second-order valence-corrected chi connectivity index (χ2v) is 10.0. The molecule has 0 aliphatic heterocycles. The lowest BCUT2D eigenvalue weighted by Crippen LogP contribution is -2.49. The predicted molar refractivity (Wildman–Crippen MR) is 156 cm³/mol. The number of hydrogen-bond donors (Lipinski definition) is 2. The van der Waals surface area contributed by atoms with Crippen molar-refractivity contribution in [3.63, 3.8) is 0 Å². The Labute approximate surface area is 235 Å². The van der Waals surface area contributed by atoms with Crippen molar-refractivity contribution in [1.29, 1.82) is 0 Å². The van der Waals surface area contributed by atoms with E-state index in [2.05, 4.69) is 34.9 Å². The summed E-state index contributed by atoms with van der Waals surface area (Å²) >= 11 is 0. The largest absolute Gasteiger partial charge is 0.468 e. The zero-order chi connectivity index (χ0) is 27.7. The zero-order valence-electron chi connectivity index (χ0n) is 22.6. The fourth-order valence-corrected chi connectivity index (χ4v) is 5.39. The molecular formula is C34H34N2O4. The number of methoxy groups -OCH3 is 1. The Bertz CT molecular complexity index is 1380. The highest BCUT2D eigenvalue weighted by molar-refractivity contribution is 5.79. The smallest absolute Gasteiger partial charge is 0.407 e. The molecule has 0 bridgehead atoms. The molecule has 1 aliphatic rings. The molecule has 204 valence electrons. The highest BCUT2D eigenvalue weighted by atomic mass is 16.5. The highest BCUT2D eigenvalue weighted by Crippen LogP contribution is 2.44. The number of hydrogen-bond acceptors (Lipinski definition) is 5. The van der Waals surface area contributed by atoms with Crippen LogP contribution in [0.2, 0.25) is 0 Å². The van der Waals surface area contributed by atoms with E-state index in [0.717, 1.165) is 11.1 Å². The molecule has 40 heavy (non-hydrogen) atoms. The Balaban J connectivity index is 1.25. The molecule has 0 heterocycles. The van der Waals surface area contributed by atoms with Gasteiger partial charge in [0.25, 0.3) is 0 Å². The van der Waals surface area contributed by atoms with Crippen LogP contribution in [0.5, 0.6) is 0 Å². The van der Waals surface area contributed by atoms with Gasteiger partial charge in [-0.2, -0.15) is 0 Å². The summed E-state index contributed by atoms with van der Waals surface area (Å²) in [7, 11) is 1.39. The second-order valence-electron chi connectivity index (χ2n) is 10.0. The number of carbonyl (C=O) groups excluding carboxylic acids is 2. The van der Waals surface area contributed by atoms with Crippen LogP contribution in [-0.2, 0) is 27.1 Å². The number of alkyl carbamates (subject to hydrolysis) is 1. The van der Waals surface area contributed by atoms with E-state index in [1.165, 1.54) is 29.4 Å². The summed E-state index contributed by atoms with van der Waals surface area (Å²) in [6.45, 7) is 0.607. The number of esters is 1. The Morgan fingerprint density at radius 1 is 0.725 bits per heavy atom. The monoisotopic (exact) mass is 534 g/mol. The molecule has 0 saturated carbocycles. The fraction of sp³-hybridized carbons (Fsp3) is 0.235. The van der Waals surface area contributed by atoms with Crippen LogP contribution >= 0.6 is 0 Å². The Morgan fingerprint density at radius 3 is 1.82 bits per heavy atom. The SMILES string of the molecule is COC(=O)[C@H](Cc1ccccc1)NC[C@@H](Cc1ccccc1)NC(=O)OCC1c2ccccc2-c2ccccc21. The average molecular weight is 535 g/mol. The van der Waals surface area contributed by atoms with E-state index in [1.54, 1.807) is 0 Å². The number of fused-ring (bicyclic) bond motifs is 3. The maximum absolute atomic E-state index is 13.1. The first-order chi connectivity index (χ1) is 19.6. The number of amides is 1. The van der Waals surface area contributed by atoms with Crippen LogP contribution in [0.4, 0.5) is 4.79 Å². The summed E-state index contributed by atoms with van der Waals surface area (Å²) in [5.41, 5.74) is 6.80. The van der Waals surface area contributed by atoms with Gasteiger partial charge in [-0.15, -0.1) is 0 Å². The molecule has 0 saturated heterocycles. The van der Waals surface area contributed by atoms with Crippen molar-refractivity contribution in [3.05, 3.63) is 131 Å². The molecule has 0 spiro atoms. The Morgan fingerprint density at radius 2 is 1.25 bits per heavy atom. The van der Waals surface area contributed by atoms with Crippen LogP contribution in [0.1, 0.15) is 28.2 Å².